The zero-order valence-corrected chi connectivity index (χ0v) is 26.5. The summed E-state index contributed by atoms with van der Waals surface area (Å²) in [6.07, 6.45) is 8.33. The minimum atomic E-state index is -3.34. The van der Waals surface area contributed by atoms with E-state index in [1.807, 2.05) is 6.92 Å². The van der Waals surface area contributed by atoms with Crippen LogP contribution in [0.2, 0.25) is 0 Å². The van der Waals surface area contributed by atoms with Crippen molar-refractivity contribution >= 4 is 61.5 Å². The van der Waals surface area contributed by atoms with E-state index >= 15 is 0 Å². The molecule has 1 saturated carbocycles. The van der Waals surface area contributed by atoms with E-state index in [-0.39, 0.29) is 22.9 Å². The third kappa shape index (κ3) is 6.35. The number of aromatic nitrogens is 5. The summed E-state index contributed by atoms with van der Waals surface area (Å²) < 4.78 is 25.6. The van der Waals surface area contributed by atoms with Crippen molar-refractivity contribution in [3.05, 3.63) is 40.5 Å². The first-order valence-electron chi connectivity index (χ1n) is 14.3. The van der Waals surface area contributed by atoms with Crippen molar-refractivity contribution in [1.82, 2.24) is 30.0 Å². The van der Waals surface area contributed by atoms with Crippen LogP contribution in [0, 0.1) is 6.92 Å². The van der Waals surface area contributed by atoms with E-state index in [1.165, 1.54) is 23.9 Å². The van der Waals surface area contributed by atoms with Crippen LogP contribution < -0.4 is 21.7 Å². The predicted octanol–water partition coefficient (Wildman–Crippen LogP) is 3.33. The lowest BCUT2D eigenvalue weighted by atomic mass is 9.96. The average molecular weight is 642 g/mol. The largest absolute Gasteiger partial charge is 0.383 e. The third-order valence-electron chi connectivity index (χ3n) is 7.95. The molecule has 228 valence electrons. The fourth-order valence-corrected chi connectivity index (χ4v) is 8.61. The van der Waals surface area contributed by atoms with E-state index < -0.39 is 9.84 Å². The number of hydrogen-bond acceptors (Lipinski definition) is 12. The molecule has 0 unspecified atom stereocenters. The standard InChI is InChI=1S/C28H35N9O3S3/c1-16-33-28(42-20-9-5-17(29)6-10-20)23(41-16)27(38)34-18-4-3-13-36(14-18)26-22-24(30)31-15-32-25(22)37(35-26)19-7-11-21(12-8-19)43(2,39)40/h7-8,11-12,15,17-18,20H,3-6,9-10,13-14,29H2,1-2H3,(H,34,38)(H2,30,31,32)/t17?,18-,20?/m1/s1. The van der Waals surface area contributed by atoms with Gasteiger partial charge in [0.2, 0.25) is 0 Å². The normalized spacial score (nSPS) is 21.3. The SMILES string of the molecule is Cc1nc(SC2CCC(N)CC2)c(C(=O)N[C@@H]2CCCN(c3nn(-c4ccc(S(C)(=O)=O)cc4)c4ncnc(N)c34)C2)s1. The van der Waals surface area contributed by atoms with Gasteiger partial charge in [0.15, 0.2) is 21.3 Å². The summed E-state index contributed by atoms with van der Waals surface area (Å²) >= 11 is 3.14. The number of benzene rings is 1. The molecule has 43 heavy (non-hydrogen) atoms. The highest BCUT2D eigenvalue weighted by atomic mass is 32.2. The molecule has 0 bridgehead atoms. The van der Waals surface area contributed by atoms with Gasteiger partial charge in [0.1, 0.15) is 27.4 Å². The number of nitrogens with zero attached hydrogens (tertiary/aromatic N) is 6. The van der Waals surface area contributed by atoms with Crippen LogP contribution in [0.3, 0.4) is 0 Å². The van der Waals surface area contributed by atoms with E-state index in [1.54, 1.807) is 40.7 Å². The molecular formula is C28H35N9O3S3. The van der Waals surface area contributed by atoms with Crippen LogP contribution in [0.4, 0.5) is 11.6 Å². The molecule has 4 aromatic rings. The fraction of sp³-hybridized carbons (Fsp3) is 0.464. The van der Waals surface area contributed by atoms with Gasteiger partial charge < -0.3 is 21.7 Å². The number of piperidine rings is 1. The number of carbonyl (C=O) groups excluding carboxylic acids is 1. The van der Waals surface area contributed by atoms with Gasteiger partial charge in [-0.15, -0.1) is 28.2 Å². The summed E-state index contributed by atoms with van der Waals surface area (Å²) in [4.78, 5) is 29.9. The number of thioether (sulfide) groups is 1. The van der Waals surface area contributed by atoms with E-state index in [0.717, 1.165) is 55.1 Å². The maximum atomic E-state index is 13.5. The highest BCUT2D eigenvalue weighted by Gasteiger charge is 2.30. The van der Waals surface area contributed by atoms with Gasteiger partial charge in [-0.1, -0.05) is 0 Å². The van der Waals surface area contributed by atoms with Crippen molar-refractivity contribution in [2.24, 2.45) is 5.73 Å². The van der Waals surface area contributed by atoms with Crippen molar-refractivity contribution in [2.75, 3.05) is 30.0 Å². The first-order valence-corrected chi connectivity index (χ1v) is 17.9. The minimum absolute atomic E-state index is 0.100. The van der Waals surface area contributed by atoms with E-state index in [9.17, 15) is 13.2 Å². The Morgan fingerprint density at radius 1 is 1.12 bits per heavy atom. The Labute approximate surface area is 258 Å². The molecule has 1 aliphatic heterocycles. The average Bonchev–Trinajstić information content (AvgIpc) is 3.55. The minimum Gasteiger partial charge on any atom is -0.383 e. The van der Waals surface area contributed by atoms with E-state index in [2.05, 4.69) is 20.2 Å². The number of anilines is 2. The molecule has 15 heteroatoms. The molecule has 4 heterocycles. The van der Waals surface area contributed by atoms with Gasteiger partial charge in [0.05, 0.1) is 15.6 Å². The first kappa shape index (κ1) is 29.8. The van der Waals surface area contributed by atoms with Crippen LogP contribution in [0.15, 0.2) is 40.5 Å². The quantitative estimate of drug-likeness (QED) is 0.270. The molecular weight excluding hydrogens is 607 g/mol. The number of hydrogen-bond donors (Lipinski definition) is 3. The molecule has 0 spiro atoms. The topological polar surface area (TPSA) is 175 Å². The van der Waals surface area contributed by atoms with Gasteiger partial charge in [-0.2, -0.15) is 0 Å². The molecule has 2 fully saturated rings. The van der Waals surface area contributed by atoms with E-state index in [0.29, 0.717) is 45.0 Å². The van der Waals surface area contributed by atoms with Crippen LogP contribution in [0.25, 0.3) is 16.7 Å². The first-order chi connectivity index (χ1) is 20.6. The second-order valence-corrected chi connectivity index (χ2v) is 15.7. The molecule has 1 aromatic carbocycles. The van der Waals surface area contributed by atoms with Crippen molar-refractivity contribution in [1.29, 1.82) is 0 Å². The van der Waals surface area contributed by atoms with Crippen LogP contribution in [0.5, 0.6) is 0 Å². The number of rotatable bonds is 7. The predicted molar refractivity (Wildman–Crippen MR) is 170 cm³/mol. The lowest BCUT2D eigenvalue weighted by Crippen LogP contribution is -2.48. The molecule has 3 aromatic heterocycles. The number of fused-ring (bicyclic) bond motifs is 1. The summed E-state index contributed by atoms with van der Waals surface area (Å²) in [7, 11) is -3.34. The molecule has 6 rings (SSSR count). The Morgan fingerprint density at radius 3 is 2.58 bits per heavy atom. The number of carbonyl (C=O) groups is 1. The molecule has 2 aliphatic rings. The lowest BCUT2D eigenvalue weighted by molar-refractivity contribution is 0.0934. The number of sulfone groups is 1. The summed E-state index contributed by atoms with van der Waals surface area (Å²) in [5, 5.41) is 10.9. The fourth-order valence-electron chi connectivity index (χ4n) is 5.73. The van der Waals surface area contributed by atoms with Crippen LogP contribution >= 0.6 is 23.1 Å². The Balaban J connectivity index is 1.22. The molecule has 0 radical (unpaired) electrons. The van der Waals surface area contributed by atoms with Crippen LogP contribution in [0.1, 0.15) is 53.2 Å². The monoisotopic (exact) mass is 641 g/mol. The molecule has 1 amide bonds. The van der Waals surface area contributed by atoms with Gasteiger partial charge in [-0.3, -0.25) is 4.79 Å². The van der Waals surface area contributed by atoms with Crippen molar-refractivity contribution in [3.63, 3.8) is 0 Å². The van der Waals surface area contributed by atoms with Crippen molar-refractivity contribution in [3.8, 4) is 5.69 Å². The van der Waals surface area contributed by atoms with Gasteiger partial charge in [-0.25, -0.2) is 28.1 Å². The van der Waals surface area contributed by atoms with Crippen molar-refractivity contribution in [2.45, 2.75) is 72.7 Å². The summed E-state index contributed by atoms with van der Waals surface area (Å²) in [5.41, 5.74) is 13.6. The second-order valence-electron chi connectivity index (χ2n) is 11.2. The number of thiazole rings is 1. The summed E-state index contributed by atoms with van der Waals surface area (Å²) in [6.45, 7) is 3.21. The molecule has 1 aliphatic carbocycles. The highest BCUT2D eigenvalue weighted by molar-refractivity contribution is 8.00. The third-order valence-corrected chi connectivity index (χ3v) is 11.5. The second kappa shape index (κ2) is 12.0. The van der Waals surface area contributed by atoms with Gasteiger partial charge in [-0.05, 0) is 69.7 Å². The van der Waals surface area contributed by atoms with Crippen LogP contribution in [-0.4, -0.2) is 75.7 Å². The maximum Gasteiger partial charge on any atom is 0.264 e. The number of nitrogen functional groups attached to an aromatic ring is 1. The number of aryl methyl sites for hydroxylation is 1. The van der Waals surface area contributed by atoms with Crippen molar-refractivity contribution < 1.29 is 13.2 Å². The van der Waals surface area contributed by atoms with Gasteiger partial charge in [0, 0.05) is 36.7 Å². The maximum absolute atomic E-state index is 13.5. The zero-order valence-electron chi connectivity index (χ0n) is 24.1. The highest BCUT2D eigenvalue weighted by Crippen LogP contribution is 2.37. The summed E-state index contributed by atoms with van der Waals surface area (Å²) in [5.74, 6) is 0.826. The molecule has 1 atom stereocenters. The lowest BCUT2D eigenvalue weighted by Gasteiger charge is -2.33. The molecule has 5 N–H and O–H groups in total. The smallest absolute Gasteiger partial charge is 0.264 e. The van der Waals surface area contributed by atoms with Crippen LogP contribution in [-0.2, 0) is 9.84 Å². The van der Waals surface area contributed by atoms with Gasteiger partial charge in [0.25, 0.3) is 5.91 Å². The molecule has 12 nitrogen and oxygen atoms in total. The Hall–Kier alpha value is -3.27. The number of nitrogens with one attached hydrogen (secondary N) is 1. The Bertz CT molecular complexity index is 1750. The number of amides is 1. The van der Waals surface area contributed by atoms with E-state index in [4.69, 9.17) is 21.5 Å². The zero-order chi connectivity index (χ0) is 30.3. The molecule has 1 saturated heterocycles. The Kier molecular flexibility index (Phi) is 8.33. The Morgan fingerprint density at radius 2 is 1.86 bits per heavy atom. The summed E-state index contributed by atoms with van der Waals surface area (Å²) in [6, 6.07) is 6.65. The number of nitrogens with two attached hydrogens (primary N) is 2. The van der Waals surface area contributed by atoms with Gasteiger partial charge >= 0.3 is 0 Å².